The lowest BCUT2D eigenvalue weighted by molar-refractivity contribution is -0.114. The Bertz CT molecular complexity index is 724. The van der Waals surface area contributed by atoms with E-state index in [9.17, 15) is 9.59 Å². The molecule has 0 saturated heterocycles. The number of anilines is 2. The van der Waals surface area contributed by atoms with Crippen LogP contribution in [0.25, 0.3) is 0 Å². The smallest absolute Gasteiger partial charge is 0.256 e. The van der Waals surface area contributed by atoms with E-state index >= 15 is 0 Å². The van der Waals surface area contributed by atoms with Crippen LogP contribution in [0.2, 0.25) is 0 Å². The van der Waals surface area contributed by atoms with Gasteiger partial charge in [0.1, 0.15) is 11.6 Å². The summed E-state index contributed by atoms with van der Waals surface area (Å²) in [5, 5.41) is 5.43. The molecule has 6 heteroatoms. The van der Waals surface area contributed by atoms with Crippen LogP contribution in [-0.4, -0.2) is 21.8 Å². The third-order valence-electron chi connectivity index (χ3n) is 3.10. The Kier molecular flexibility index (Phi) is 5.05. The van der Waals surface area contributed by atoms with Crippen molar-refractivity contribution in [1.82, 2.24) is 9.97 Å². The van der Waals surface area contributed by atoms with Crippen LogP contribution in [0.4, 0.5) is 11.5 Å². The number of aryl methyl sites for hydroxylation is 1. The Labute approximate surface area is 135 Å². The molecular formula is C17H20N4O2. The first-order valence-electron chi connectivity index (χ1n) is 7.39. The molecule has 1 aromatic heterocycles. The van der Waals surface area contributed by atoms with E-state index in [0.717, 1.165) is 5.69 Å². The van der Waals surface area contributed by atoms with Gasteiger partial charge in [-0.15, -0.1) is 0 Å². The maximum absolute atomic E-state index is 12.3. The Morgan fingerprint density at radius 1 is 1.04 bits per heavy atom. The van der Waals surface area contributed by atoms with Gasteiger partial charge in [0.25, 0.3) is 5.91 Å². The second-order valence-corrected chi connectivity index (χ2v) is 5.62. The van der Waals surface area contributed by atoms with E-state index in [-0.39, 0.29) is 17.7 Å². The van der Waals surface area contributed by atoms with Crippen LogP contribution < -0.4 is 10.6 Å². The minimum absolute atomic E-state index is 0.153. The Morgan fingerprint density at radius 3 is 2.26 bits per heavy atom. The molecule has 2 amide bonds. The highest BCUT2D eigenvalue weighted by atomic mass is 16.2. The number of hydrogen-bond donors (Lipinski definition) is 2. The number of nitrogens with zero attached hydrogens (tertiary/aromatic N) is 2. The zero-order chi connectivity index (χ0) is 17.0. The van der Waals surface area contributed by atoms with Crippen LogP contribution in [0.5, 0.6) is 0 Å². The molecule has 2 aromatic rings. The third-order valence-corrected chi connectivity index (χ3v) is 3.10. The van der Waals surface area contributed by atoms with Gasteiger partial charge in [-0.05, 0) is 31.2 Å². The molecule has 2 rings (SSSR count). The van der Waals surface area contributed by atoms with Crippen molar-refractivity contribution >= 4 is 23.3 Å². The number of rotatable bonds is 4. The number of carbonyl (C=O) groups excluding carboxylic acids is 2. The lowest BCUT2D eigenvalue weighted by Crippen LogP contribution is -2.15. The van der Waals surface area contributed by atoms with E-state index in [1.165, 1.54) is 6.92 Å². The quantitative estimate of drug-likeness (QED) is 0.908. The molecule has 23 heavy (non-hydrogen) atoms. The first-order valence-corrected chi connectivity index (χ1v) is 7.39. The summed E-state index contributed by atoms with van der Waals surface area (Å²) in [4.78, 5) is 32.0. The van der Waals surface area contributed by atoms with Crippen molar-refractivity contribution in [3.63, 3.8) is 0 Å². The minimum Gasteiger partial charge on any atom is -0.326 e. The van der Waals surface area contributed by atoms with Gasteiger partial charge in [-0.25, -0.2) is 9.97 Å². The zero-order valence-corrected chi connectivity index (χ0v) is 13.7. The van der Waals surface area contributed by atoms with Crippen LogP contribution in [-0.2, 0) is 4.79 Å². The summed E-state index contributed by atoms with van der Waals surface area (Å²) >= 11 is 0. The number of nitrogens with one attached hydrogen (secondary N) is 2. The monoisotopic (exact) mass is 312 g/mol. The Balaban J connectivity index is 2.14. The fourth-order valence-electron chi connectivity index (χ4n) is 2.01. The normalized spacial score (nSPS) is 10.5. The molecule has 2 N–H and O–H groups in total. The molecule has 0 saturated carbocycles. The number of benzene rings is 1. The summed E-state index contributed by atoms with van der Waals surface area (Å²) in [6.45, 7) is 7.30. The highest BCUT2D eigenvalue weighted by Crippen LogP contribution is 2.15. The van der Waals surface area contributed by atoms with Gasteiger partial charge in [-0.3, -0.25) is 9.59 Å². The van der Waals surface area contributed by atoms with Gasteiger partial charge in [-0.1, -0.05) is 13.8 Å². The summed E-state index contributed by atoms with van der Waals surface area (Å²) in [6.07, 6.45) is 0. The topological polar surface area (TPSA) is 84.0 Å². The maximum atomic E-state index is 12.3. The SMILES string of the molecule is CC(=O)Nc1ccc(C(=O)Nc2cc(C)nc(C(C)C)n2)cc1. The van der Waals surface area contributed by atoms with Gasteiger partial charge in [-0.2, -0.15) is 0 Å². The van der Waals surface area contributed by atoms with Gasteiger partial charge < -0.3 is 10.6 Å². The van der Waals surface area contributed by atoms with Crippen molar-refractivity contribution in [2.45, 2.75) is 33.6 Å². The predicted octanol–water partition coefficient (Wildman–Crippen LogP) is 3.12. The van der Waals surface area contributed by atoms with E-state index in [1.807, 2.05) is 20.8 Å². The van der Waals surface area contributed by atoms with Crippen molar-refractivity contribution in [1.29, 1.82) is 0 Å². The van der Waals surface area contributed by atoms with Gasteiger partial charge in [0, 0.05) is 35.9 Å². The van der Waals surface area contributed by atoms with Crippen LogP contribution in [0.3, 0.4) is 0 Å². The molecule has 1 aromatic carbocycles. The van der Waals surface area contributed by atoms with Gasteiger partial charge in [0.2, 0.25) is 5.91 Å². The van der Waals surface area contributed by atoms with Gasteiger partial charge in [0.15, 0.2) is 0 Å². The summed E-state index contributed by atoms with van der Waals surface area (Å²) in [5.41, 5.74) is 1.94. The summed E-state index contributed by atoms with van der Waals surface area (Å²) in [7, 11) is 0. The van der Waals surface area contributed by atoms with E-state index in [4.69, 9.17) is 0 Å². The molecule has 0 radical (unpaired) electrons. The maximum Gasteiger partial charge on any atom is 0.256 e. The third kappa shape index (κ3) is 4.60. The Morgan fingerprint density at radius 2 is 1.70 bits per heavy atom. The highest BCUT2D eigenvalue weighted by Gasteiger charge is 2.10. The highest BCUT2D eigenvalue weighted by molar-refractivity contribution is 6.04. The van der Waals surface area contributed by atoms with Crippen LogP contribution in [0, 0.1) is 6.92 Å². The summed E-state index contributed by atoms with van der Waals surface area (Å²) < 4.78 is 0. The molecule has 1 heterocycles. The van der Waals surface area contributed by atoms with Crippen molar-refractivity contribution in [2.75, 3.05) is 10.6 Å². The molecule has 0 bridgehead atoms. The van der Waals surface area contributed by atoms with E-state index in [0.29, 0.717) is 22.9 Å². The average molecular weight is 312 g/mol. The van der Waals surface area contributed by atoms with Crippen molar-refractivity contribution < 1.29 is 9.59 Å². The molecule has 0 aliphatic rings. The lowest BCUT2D eigenvalue weighted by atomic mass is 10.2. The predicted molar refractivity (Wildman–Crippen MR) is 89.6 cm³/mol. The molecule has 0 spiro atoms. The van der Waals surface area contributed by atoms with Crippen LogP contribution in [0.1, 0.15) is 48.6 Å². The molecular weight excluding hydrogens is 292 g/mol. The number of carbonyl (C=O) groups is 2. The van der Waals surface area contributed by atoms with E-state index in [2.05, 4.69) is 20.6 Å². The van der Waals surface area contributed by atoms with E-state index in [1.54, 1.807) is 30.3 Å². The number of amides is 2. The zero-order valence-electron chi connectivity index (χ0n) is 13.7. The van der Waals surface area contributed by atoms with Crippen molar-refractivity contribution in [3.05, 3.63) is 47.4 Å². The lowest BCUT2D eigenvalue weighted by Gasteiger charge is -2.10. The second kappa shape index (κ2) is 7.00. The molecule has 0 fully saturated rings. The fraction of sp³-hybridized carbons (Fsp3) is 0.294. The second-order valence-electron chi connectivity index (χ2n) is 5.62. The van der Waals surface area contributed by atoms with E-state index < -0.39 is 0 Å². The van der Waals surface area contributed by atoms with Crippen molar-refractivity contribution in [2.24, 2.45) is 0 Å². The molecule has 0 aliphatic carbocycles. The first-order chi connectivity index (χ1) is 10.8. The van der Waals surface area contributed by atoms with Gasteiger partial charge in [0.05, 0.1) is 0 Å². The number of hydrogen-bond acceptors (Lipinski definition) is 4. The first kappa shape index (κ1) is 16.6. The molecule has 6 nitrogen and oxygen atoms in total. The van der Waals surface area contributed by atoms with Crippen molar-refractivity contribution in [3.8, 4) is 0 Å². The van der Waals surface area contributed by atoms with Crippen LogP contribution in [0.15, 0.2) is 30.3 Å². The molecule has 0 aliphatic heterocycles. The largest absolute Gasteiger partial charge is 0.326 e. The average Bonchev–Trinajstić information content (AvgIpc) is 2.46. The minimum atomic E-state index is -0.257. The Hall–Kier alpha value is -2.76. The standard InChI is InChI=1S/C17H20N4O2/c1-10(2)16-18-11(3)9-15(20-16)21-17(23)13-5-7-14(8-6-13)19-12(4)22/h5-10H,1-4H3,(H,19,22)(H,18,20,21,23). The molecule has 120 valence electrons. The summed E-state index contributed by atoms with van der Waals surface area (Å²) in [5.74, 6) is 0.952. The summed E-state index contributed by atoms with van der Waals surface area (Å²) in [6, 6.07) is 8.40. The van der Waals surface area contributed by atoms with Gasteiger partial charge >= 0.3 is 0 Å². The number of aromatic nitrogens is 2. The van der Waals surface area contributed by atoms with Crippen LogP contribution >= 0.6 is 0 Å². The fourth-order valence-corrected chi connectivity index (χ4v) is 2.01. The molecule has 0 unspecified atom stereocenters. The molecule has 0 atom stereocenters.